The maximum absolute atomic E-state index is 13.2. The summed E-state index contributed by atoms with van der Waals surface area (Å²) in [6.45, 7) is 5.84. The largest absolute Gasteiger partial charge is 0.497 e. The first-order chi connectivity index (χ1) is 14.6. The van der Waals surface area contributed by atoms with Gasteiger partial charge in [0, 0.05) is 32.7 Å². The van der Waals surface area contributed by atoms with Crippen molar-refractivity contribution < 1.29 is 19.1 Å². The molecule has 162 valence electrons. The van der Waals surface area contributed by atoms with Crippen LogP contribution in [-0.2, 0) is 20.9 Å². The van der Waals surface area contributed by atoms with Gasteiger partial charge in [0.1, 0.15) is 11.8 Å². The van der Waals surface area contributed by atoms with Gasteiger partial charge in [-0.15, -0.1) is 0 Å². The molecule has 0 aromatic heterocycles. The summed E-state index contributed by atoms with van der Waals surface area (Å²) in [6, 6.07) is 16.3. The minimum Gasteiger partial charge on any atom is -0.497 e. The Morgan fingerprint density at radius 2 is 1.73 bits per heavy atom. The third-order valence-electron chi connectivity index (χ3n) is 4.78. The van der Waals surface area contributed by atoms with Crippen LogP contribution in [0.25, 0.3) is 0 Å². The Balaban J connectivity index is 2.25. The Hall–Kier alpha value is -2.86. The highest BCUT2D eigenvalue weighted by Crippen LogP contribution is 2.25. The van der Waals surface area contributed by atoms with Gasteiger partial charge in [-0.05, 0) is 36.6 Å². The number of carbonyl (C=O) groups is 2. The zero-order valence-electron chi connectivity index (χ0n) is 18.1. The van der Waals surface area contributed by atoms with Crippen LogP contribution in [0.3, 0.4) is 0 Å². The van der Waals surface area contributed by atoms with Crippen LogP contribution in [0.4, 0.5) is 0 Å². The Labute approximate surface area is 179 Å². The van der Waals surface area contributed by atoms with Crippen LogP contribution in [-0.4, -0.2) is 43.6 Å². The molecule has 2 rings (SSSR count). The number of rotatable bonds is 12. The fourth-order valence-corrected chi connectivity index (χ4v) is 3.19. The number of ether oxygens (including phenoxy) is 2. The van der Waals surface area contributed by atoms with Gasteiger partial charge in [-0.3, -0.25) is 9.59 Å². The molecule has 0 heterocycles. The summed E-state index contributed by atoms with van der Waals surface area (Å²) in [7, 11) is 1.61. The number of nitrogens with zero attached hydrogens (tertiary/aromatic N) is 1. The van der Waals surface area contributed by atoms with Gasteiger partial charge in [-0.2, -0.15) is 0 Å². The maximum Gasteiger partial charge on any atom is 0.247 e. The van der Waals surface area contributed by atoms with E-state index in [0.717, 1.165) is 23.3 Å². The normalized spacial score (nSPS) is 11.6. The molecule has 0 aliphatic carbocycles. The van der Waals surface area contributed by atoms with E-state index in [1.807, 2.05) is 68.4 Å². The summed E-state index contributed by atoms with van der Waals surface area (Å²) in [4.78, 5) is 27.7. The minimum atomic E-state index is -0.701. The number of methoxy groups -OCH3 is 1. The van der Waals surface area contributed by atoms with Gasteiger partial charge in [0.25, 0.3) is 0 Å². The Kier molecular flexibility index (Phi) is 9.87. The van der Waals surface area contributed by atoms with Crippen molar-refractivity contribution in [3.05, 3.63) is 65.7 Å². The van der Waals surface area contributed by atoms with Crippen molar-refractivity contribution >= 4 is 11.8 Å². The average Bonchev–Trinajstić information content (AvgIpc) is 2.79. The van der Waals surface area contributed by atoms with Gasteiger partial charge in [0.15, 0.2) is 0 Å². The van der Waals surface area contributed by atoms with Crippen LogP contribution in [0.2, 0.25) is 0 Å². The number of benzene rings is 2. The summed E-state index contributed by atoms with van der Waals surface area (Å²) in [5.41, 5.74) is 1.72. The lowest BCUT2D eigenvalue weighted by Crippen LogP contribution is -2.43. The summed E-state index contributed by atoms with van der Waals surface area (Å²) in [5, 5.41) is 2.97. The second kappa shape index (κ2) is 12.6. The van der Waals surface area contributed by atoms with E-state index >= 15 is 0 Å². The van der Waals surface area contributed by atoms with Crippen LogP contribution in [0.1, 0.15) is 43.9 Å². The molecule has 2 aromatic carbocycles. The molecule has 0 bridgehead atoms. The van der Waals surface area contributed by atoms with Crippen LogP contribution in [0.15, 0.2) is 54.6 Å². The van der Waals surface area contributed by atoms with Gasteiger partial charge >= 0.3 is 0 Å². The predicted octanol–water partition coefficient (Wildman–Crippen LogP) is 3.72. The van der Waals surface area contributed by atoms with Crippen LogP contribution in [0, 0.1) is 0 Å². The van der Waals surface area contributed by atoms with E-state index in [9.17, 15) is 9.59 Å². The first-order valence-electron chi connectivity index (χ1n) is 10.4. The Morgan fingerprint density at radius 1 is 1.03 bits per heavy atom. The summed E-state index contributed by atoms with van der Waals surface area (Å²) >= 11 is 0. The lowest BCUT2D eigenvalue weighted by Gasteiger charge is -2.31. The predicted molar refractivity (Wildman–Crippen MR) is 117 cm³/mol. The second-order valence-electron chi connectivity index (χ2n) is 6.88. The van der Waals surface area contributed by atoms with Crippen LogP contribution >= 0.6 is 0 Å². The van der Waals surface area contributed by atoms with Crippen molar-refractivity contribution in [2.45, 2.75) is 39.3 Å². The topological polar surface area (TPSA) is 67.9 Å². The van der Waals surface area contributed by atoms with Crippen molar-refractivity contribution in [1.29, 1.82) is 0 Å². The first-order valence-corrected chi connectivity index (χ1v) is 10.4. The van der Waals surface area contributed by atoms with E-state index in [1.165, 1.54) is 0 Å². The molecular weight excluding hydrogens is 380 g/mol. The van der Waals surface area contributed by atoms with Crippen LogP contribution in [0.5, 0.6) is 5.75 Å². The van der Waals surface area contributed by atoms with Gasteiger partial charge in [0.2, 0.25) is 11.8 Å². The summed E-state index contributed by atoms with van der Waals surface area (Å²) < 4.78 is 10.6. The number of amides is 2. The molecule has 0 saturated heterocycles. The van der Waals surface area contributed by atoms with Crippen LogP contribution < -0.4 is 10.1 Å². The summed E-state index contributed by atoms with van der Waals surface area (Å²) in [5.74, 6) is 0.482. The molecule has 6 heteroatoms. The number of carbonyl (C=O) groups excluding carboxylic acids is 2. The smallest absolute Gasteiger partial charge is 0.247 e. The molecule has 1 N–H and O–H groups in total. The monoisotopic (exact) mass is 412 g/mol. The molecule has 0 aliphatic heterocycles. The van der Waals surface area contributed by atoms with E-state index in [-0.39, 0.29) is 11.8 Å². The zero-order valence-corrected chi connectivity index (χ0v) is 18.1. The highest BCUT2D eigenvalue weighted by molar-refractivity contribution is 5.88. The molecule has 0 fully saturated rings. The molecule has 2 amide bonds. The van der Waals surface area contributed by atoms with Gasteiger partial charge < -0.3 is 19.7 Å². The highest BCUT2D eigenvalue weighted by Gasteiger charge is 2.30. The molecule has 2 aromatic rings. The van der Waals surface area contributed by atoms with E-state index in [1.54, 1.807) is 12.0 Å². The minimum absolute atomic E-state index is 0.0795. The number of hydrogen-bond acceptors (Lipinski definition) is 4. The van der Waals surface area contributed by atoms with Crippen molar-refractivity contribution in [2.75, 3.05) is 26.9 Å². The van der Waals surface area contributed by atoms with Crippen molar-refractivity contribution in [3.8, 4) is 5.75 Å². The fraction of sp³-hybridized carbons (Fsp3) is 0.417. The molecule has 0 aliphatic rings. The number of nitrogens with one attached hydrogen (secondary N) is 1. The molecular formula is C24H32N2O4. The van der Waals surface area contributed by atoms with E-state index in [4.69, 9.17) is 9.47 Å². The standard InChI is InChI=1S/C24H32N2O4/c1-4-22(27)26(18-19-12-14-21(29-3)15-13-19)23(20-10-7-6-8-11-20)24(28)25-16-9-17-30-5-2/h6-8,10-15,23H,4-5,9,16-18H2,1-3H3,(H,25,28)/t23-/m0/s1. The summed E-state index contributed by atoms with van der Waals surface area (Å²) in [6.07, 6.45) is 1.04. The lowest BCUT2D eigenvalue weighted by atomic mass is 10.0. The molecule has 0 spiro atoms. The molecule has 0 saturated carbocycles. The third kappa shape index (κ3) is 6.88. The highest BCUT2D eigenvalue weighted by atomic mass is 16.5. The first kappa shape index (κ1) is 23.4. The lowest BCUT2D eigenvalue weighted by molar-refractivity contribution is -0.141. The second-order valence-corrected chi connectivity index (χ2v) is 6.88. The quantitative estimate of drug-likeness (QED) is 0.540. The van der Waals surface area contributed by atoms with E-state index in [0.29, 0.717) is 32.7 Å². The fourth-order valence-electron chi connectivity index (χ4n) is 3.19. The average molecular weight is 413 g/mol. The van der Waals surface area contributed by atoms with E-state index < -0.39 is 6.04 Å². The molecule has 6 nitrogen and oxygen atoms in total. The number of hydrogen-bond donors (Lipinski definition) is 1. The molecule has 30 heavy (non-hydrogen) atoms. The Bertz CT molecular complexity index is 778. The maximum atomic E-state index is 13.2. The zero-order chi connectivity index (χ0) is 21.8. The third-order valence-corrected chi connectivity index (χ3v) is 4.78. The molecule has 0 radical (unpaired) electrons. The van der Waals surface area contributed by atoms with Gasteiger partial charge in [-0.25, -0.2) is 0 Å². The van der Waals surface area contributed by atoms with Gasteiger partial charge in [0.05, 0.1) is 7.11 Å². The van der Waals surface area contributed by atoms with Crippen molar-refractivity contribution in [3.63, 3.8) is 0 Å². The molecule has 1 atom stereocenters. The van der Waals surface area contributed by atoms with Gasteiger partial charge in [-0.1, -0.05) is 49.4 Å². The van der Waals surface area contributed by atoms with Crippen molar-refractivity contribution in [2.24, 2.45) is 0 Å². The Morgan fingerprint density at radius 3 is 2.33 bits per heavy atom. The molecule has 0 unspecified atom stereocenters. The SMILES string of the molecule is CCOCCCNC(=O)[C@H](c1ccccc1)N(Cc1ccc(OC)cc1)C(=O)CC. The van der Waals surface area contributed by atoms with E-state index in [2.05, 4.69) is 5.32 Å². The van der Waals surface area contributed by atoms with Crippen molar-refractivity contribution in [1.82, 2.24) is 10.2 Å².